The van der Waals surface area contributed by atoms with Crippen LogP contribution in [0.25, 0.3) is 11.2 Å². The van der Waals surface area contributed by atoms with E-state index in [1.54, 1.807) is 0 Å². The number of nitrogen functional groups attached to an aromatic ring is 1. The van der Waals surface area contributed by atoms with E-state index in [1.807, 2.05) is 0 Å². The Balaban J connectivity index is 2.25. The lowest BCUT2D eigenvalue weighted by molar-refractivity contribution is -0.398. The number of rotatable bonds is 3. The van der Waals surface area contributed by atoms with Crippen molar-refractivity contribution in [2.24, 2.45) is 0 Å². The number of aromatic amines is 1. The molecule has 4 atom stereocenters. The smallest absolute Gasteiger partial charge is 0.394 e. The van der Waals surface area contributed by atoms with E-state index in [1.165, 1.54) is 0 Å². The summed E-state index contributed by atoms with van der Waals surface area (Å²) in [6, 6.07) is 0. The molecule has 1 saturated heterocycles. The normalized spacial score (nSPS) is 27.6. The van der Waals surface area contributed by atoms with Gasteiger partial charge in [-0.25, -0.2) is 0 Å². The van der Waals surface area contributed by atoms with E-state index in [0.29, 0.717) is 0 Å². The monoisotopic (exact) mass is 328 g/mol. The zero-order valence-corrected chi connectivity index (χ0v) is 11.4. The Labute approximate surface area is 126 Å². The highest BCUT2D eigenvalue weighted by atomic mass is 16.6. The standard InChI is InChI=1S/C10H12N6O7/c11-9-13-6-3(7(20)14-9)12-10(16(21)22)15(6)8-5(19)4(18)2(1-17)23-8/h2,4-5,8,17-19H,1H2,(H3,11,13,14,20)/t2-,4-,5-,8-/m1/s1. The van der Waals surface area contributed by atoms with Crippen LogP contribution in [0.5, 0.6) is 0 Å². The Bertz CT molecular complexity index is 831. The molecule has 6 N–H and O–H groups in total. The van der Waals surface area contributed by atoms with Gasteiger partial charge < -0.3 is 35.9 Å². The lowest BCUT2D eigenvalue weighted by Crippen LogP contribution is -2.33. The first-order valence-electron chi connectivity index (χ1n) is 6.39. The van der Waals surface area contributed by atoms with Gasteiger partial charge in [0.1, 0.15) is 18.3 Å². The van der Waals surface area contributed by atoms with Crippen molar-refractivity contribution >= 4 is 23.1 Å². The summed E-state index contributed by atoms with van der Waals surface area (Å²) in [5.41, 5.74) is 3.96. The number of aliphatic hydroxyl groups is 3. The quantitative estimate of drug-likeness (QED) is 0.289. The van der Waals surface area contributed by atoms with Gasteiger partial charge in [0, 0.05) is 0 Å². The van der Waals surface area contributed by atoms with E-state index in [0.717, 1.165) is 4.57 Å². The minimum Gasteiger partial charge on any atom is -0.394 e. The molecule has 3 rings (SSSR count). The second-order valence-corrected chi connectivity index (χ2v) is 4.89. The molecular formula is C10H12N6O7. The van der Waals surface area contributed by atoms with Gasteiger partial charge in [-0.1, -0.05) is 4.98 Å². The molecule has 0 radical (unpaired) electrons. The van der Waals surface area contributed by atoms with Crippen LogP contribution in [0.15, 0.2) is 4.79 Å². The predicted octanol–water partition coefficient (Wildman–Crippen LogP) is -2.78. The van der Waals surface area contributed by atoms with Gasteiger partial charge in [0.15, 0.2) is 0 Å². The molecule has 0 bridgehead atoms. The van der Waals surface area contributed by atoms with Crippen molar-refractivity contribution in [1.82, 2.24) is 19.5 Å². The van der Waals surface area contributed by atoms with Crippen molar-refractivity contribution in [2.45, 2.75) is 24.5 Å². The van der Waals surface area contributed by atoms with Crippen molar-refractivity contribution in [3.8, 4) is 0 Å². The summed E-state index contributed by atoms with van der Waals surface area (Å²) in [5.74, 6) is -1.14. The molecule has 3 heterocycles. The van der Waals surface area contributed by atoms with Crippen molar-refractivity contribution in [1.29, 1.82) is 0 Å². The summed E-state index contributed by atoms with van der Waals surface area (Å²) in [6.07, 6.45) is -5.72. The van der Waals surface area contributed by atoms with Crippen molar-refractivity contribution in [3.63, 3.8) is 0 Å². The van der Waals surface area contributed by atoms with Gasteiger partial charge >= 0.3 is 5.95 Å². The minimum absolute atomic E-state index is 0.284. The number of H-pyrrole nitrogens is 1. The van der Waals surface area contributed by atoms with Crippen molar-refractivity contribution in [2.75, 3.05) is 12.3 Å². The van der Waals surface area contributed by atoms with Crippen LogP contribution < -0.4 is 11.3 Å². The zero-order chi connectivity index (χ0) is 16.9. The van der Waals surface area contributed by atoms with Crippen LogP contribution >= 0.6 is 0 Å². The van der Waals surface area contributed by atoms with Crippen molar-refractivity contribution < 1.29 is 25.0 Å². The number of anilines is 1. The largest absolute Gasteiger partial charge is 0.439 e. The number of nitrogens with two attached hydrogens (primary N) is 1. The number of hydrogen-bond acceptors (Lipinski definition) is 10. The van der Waals surface area contributed by atoms with E-state index in [9.17, 15) is 25.1 Å². The SMILES string of the molecule is Nc1nc2c(nc([N+](=O)[O-])n2[C@@H]2O[C@H](CO)[C@@H](O)[C@H]2O)c(=O)[nH]1. The van der Waals surface area contributed by atoms with E-state index < -0.39 is 47.6 Å². The Kier molecular flexibility index (Phi) is 3.48. The number of aromatic nitrogens is 4. The number of ether oxygens (including phenoxy) is 1. The third-order valence-corrected chi connectivity index (χ3v) is 3.49. The molecule has 1 fully saturated rings. The first-order valence-corrected chi connectivity index (χ1v) is 6.39. The molecule has 0 amide bonds. The number of hydrogen-bond donors (Lipinski definition) is 5. The highest BCUT2D eigenvalue weighted by Crippen LogP contribution is 2.34. The van der Waals surface area contributed by atoms with Crippen LogP contribution in [0.1, 0.15) is 6.23 Å². The third kappa shape index (κ3) is 2.22. The molecule has 0 spiro atoms. The van der Waals surface area contributed by atoms with E-state index in [-0.39, 0.29) is 17.1 Å². The van der Waals surface area contributed by atoms with Gasteiger partial charge in [-0.05, 0) is 4.92 Å². The maximum Gasteiger partial charge on any atom is 0.439 e. The Hall–Kier alpha value is -2.61. The number of aliphatic hydroxyl groups excluding tert-OH is 3. The molecule has 13 heteroatoms. The van der Waals surface area contributed by atoms with E-state index in [2.05, 4.69) is 15.0 Å². The van der Waals surface area contributed by atoms with E-state index >= 15 is 0 Å². The van der Waals surface area contributed by atoms with Crippen LogP contribution in [-0.2, 0) is 4.74 Å². The maximum atomic E-state index is 11.8. The summed E-state index contributed by atoms with van der Waals surface area (Å²) in [6.45, 7) is -0.620. The number of fused-ring (bicyclic) bond motifs is 1. The zero-order valence-electron chi connectivity index (χ0n) is 11.4. The molecule has 0 aliphatic carbocycles. The molecule has 1 aliphatic rings. The lowest BCUT2D eigenvalue weighted by Gasteiger charge is -2.13. The molecule has 0 saturated carbocycles. The molecule has 1 aliphatic heterocycles. The van der Waals surface area contributed by atoms with Crippen LogP contribution in [0.4, 0.5) is 11.9 Å². The fourth-order valence-electron chi connectivity index (χ4n) is 2.45. The number of imidazole rings is 1. The van der Waals surface area contributed by atoms with Gasteiger partial charge in [-0.2, -0.15) is 9.55 Å². The first kappa shape index (κ1) is 15.3. The molecule has 23 heavy (non-hydrogen) atoms. The summed E-state index contributed by atoms with van der Waals surface area (Å²) < 4.78 is 5.99. The molecule has 2 aromatic heterocycles. The van der Waals surface area contributed by atoms with Crippen LogP contribution in [0, 0.1) is 10.1 Å². The van der Waals surface area contributed by atoms with Gasteiger partial charge in [0.05, 0.1) is 6.61 Å². The topological polar surface area (TPSA) is 203 Å². The second kappa shape index (κ2) is 5.24. The lowest BCUT2D eigenvalue weighted by atomic mass is 10.1. The fraction of sp³-hybridized carbons (Fsp3) is 0.500. The molecule has 13 nitrogen and oxygen atoms in total. The molecule has 124 valence electrons. The van der Waals surface area contributed by atoms with Gasteiger partial charge in [-0.3, -0.25) is 9.78 Å². The molecule has 2 aromatic rings. The fourth-order valence-corrected chi connectivity index (χ4v) is 2.45. The van der Waals surface area contributed by atoms with Crippen LogP contribution in [0.2, 0.25) is 0 Å². The first-order chi connectivity index (χ1) is 10.8. The summed E-state index contributed by atoms with van der Waals surface area (Å²) in [5, 5.41) is 40.1. The van der Waals surface area contributed by atoms with Gasteiger partial charge in [-0.15, -0.1) is 0 Å². The summed E-state index contributed by atoms with van der Waals surface area (Å²) in [4.78, 5) is 31.6. The van der Waals surface area contributed by atoms with E-state index in [4.69, 9.17) is 15.6 Å². The number of nitro groups is 1. The maximum absolute atomic E-state index is 11.8. The molecule has 0 aromatic carbocycles. The third-order valence-electron chi connectivity index (χ3n) is 3.49. The second-order valence-electron chi connectivity index (χ2n) is 4.89. The average molecular weight is 328 g/mol. The highest BCUT2D eigenvalue weighted by molar-refractivity contribution is 5.73. The highest BCUT2D eigenvalue weighted by Gasteiger charge is 2.48. The predicted molar refractivity (Wildman–Crippen MR) is 72.2 cm³/mol. The Morgan fingerprint density at radius 3 is 2.65 bits per heavy atom. The number of nitrogens with one attached hydrogen (secondary N) is 1. The van der Waals surface area contributed by atoms with Gasteiger partial charge in [0.2, 0.25) is 17.8 Å². The Morgan fingerprint density at radius 2 is 2.09 bits per heavy atom. The summed E-state index contributed by atoms with van der Waals surface area (Å²) >= 11 is 0. The van der Waals surface area contributed by atoms with Gasteiger partial charge in [0.25, 0.3) is 11.1 Å². The Morgan fingerprint density at radius 1 is 1.39 bits per heavy atom. The van der Waals surface area contributed by atoms with Crippen LogP contribution in [-0.4, -0.2) is 64.7 Å². The van der Waals surface area contributed by atoms with Crippen LogP contribution in [0.3, 0.4) is 0 Å². The summed E-state index contributed by atoms with van der Waals surface area (Å²) in [7, 11) is 0. The molecular weight excluding hydrogens is 316 g/mol. The molecule has 0 unspecified atom stereocenters. The number of nitrogens with zero attached hydrogens (tertiary/aromatic N) is 4. The average Bonchev–Trinajstić information content (AvgIpc) is 2.99. The van der Waals surface area contributed by atoms with Crippen molar-refractivity contribution in [3.05, 3.63) is 20.5 Å². The minimum atomic E-state index is -1.61.